The van der Waals surface area contributed by atoms with E-state index in [-0.39, 0.29) is 5.91 Å². The Morgan fingerprint density at radius 2 is 1.87 bits per heavy atom. The highest BCUT2D eigenvalue weighted by Gasteiger charge is 2.10. The quantitative estimate of drug-likeness (QED) is 0.597. The van der Waals surface area contributed by atoms with Gasteiger partial charge in [-0.1, -0.05) is 24.3 Å². The number of carbonyl (C=O) groups is 1. The Morgan fingerprint density at radius 1 is 1.04 bits per heavy atom. The van der Waals surface area contributed by atoms with Crippen molar-refractivity contribution in [2.75, 3.05) is 0 Å². The molecule has 5 nitrogen and oxygen atoms in total. The molecule has 2 heterocycles. The second-order valence-electron chi connectivity index (χ2n) is 5.23. The van der Waals surface area contributed by atoms with E-state index >= 15 is 0 Å². The van der Waals surface area contributed by atoms with Gasteiger partial charge in [0, 0.05) is 16.8 Å². The van der Waals surface area contributed by atoms with Crippen molar-refractivity contribution < 1.29 is 4.79 Å². The van der Waals surface area contributed by atoms with Crippen LogP contribution in [-0.2, 0) is 0 Å². The van der Waals surface area contributed by atoms with Crippen molar-refractivity contribution >= 4 is 23.0 Å². The lowest BCUT2D eigenvalue weighted by Crippen LogP contribution is -2.18. The van der Waals surface area contributed by atoms with Crippen LogP contribution < -0.4 is 5.43 Å². The van der Waals surface area contributed by atoms with E-state index in [0.29, 0.717) is 11.3 Å². The maximum absolute atomic E-state index is 12.4. The number of hydrogen-bond acceptors (Lipinski definition) is 4. The summed E-state index contributed by atoms with van der Waals surface area (Å²) in [6.45, 7) is 3.77. The molecule has 0 fully saturated rings. The number of aromatic nitrogens is 2. The SMILES string of the molecule is Cc1cccc(C=NNC(=O)c2cc(C)nc3ccccc23)n1. The summed E-state index contributed by atoms with van der Waals surface area (Å²) in [7, 11) is 0. The Hall–Kier alpha value is -3.08. The lowest BCUT2D eigenvalue weighted by atomic mass is 10.1. The van der Waals surface area contributed by atoms with Crippen molar-refractivity contribution in [2.24, 2.45) is 5.10 Å². The van der Waals surface area contributed by atoms with Crippen molar-refractivity contribution in [1.82, 2.24) is 15.4 Å². The number of aryl methyl sites for hydroxylation is 2. The number of nitrogens with zero attached hydrogens (tertiary/aromatic N) is 3. The third kappa shape index (κ3) is 3.40. The zero-order chi connectivity index (χ0) is 16.2. The Labute approximate surface area is 134 Å². The van der Waals surface area contributed by atoms with E-state index in [1.807, 2.05) is 56.3 Å². The number of rotatable bonds is 3. The van der Waals surface area contributed by atoms with Crippen molar-refractivity contribution in [2.45, 2.75) is 13.8 Å². The molecule has 0 spiro atoms. The number of benzene rings is 1. The molecule has 0 radical (unpaired) electrons. The Bertz CT molecular complexity index is 902. The van der Waals surface area contributed by atoms with E-state index < -0.39 is 0 Å². The summed E-state index contributed by atoms with van der Waals surface area (Å²) in [5.41, 5.74) is 6.28. The predicted octanol–water partition coefficient (Wildman–Crippen LogP) is 3.01. The number of carbonyl (C=O) groups excluding carboxylic acids is 1. The summed E-state index contributed by atoms with van der Waals surface area (Å²) < 4.78 is 0. The van der Waals surface area contributed by atoms with Crippen LogP contribution >= 0.6 is 0 Å². The molecule has 0 saturated carbocycles. The Morgan fingerprint density at radius 3 is 2.70 bits per heavy atom. The molecule has 0 aliphatic carbocycles. The topological polar surface area (TPSA) is 67.2 Å². The third-order valence-corrected chi connectivity index (χ3v) is 3.36. The van der Waals surface area contributed by atoms with E-state index in [4.69, 9.17) is 0 Å². The number of amides is 1. The van der Waals surface area contributed by atoms with E-state index in [9.17, 15) is 4.79 Å². The van der Waals surface area contributed by atoms with Crippen LogP contribution in [-0.4, -0.2) is 22.1 Å². The second-order valence-corrected chi connectivity index (χ2v) is 5.23. The van der Waals surface area contributed by atoms with Gasteiger partial charge in [0.15, 0.2) is 0 Å². The van der Waals surface area contributed by atoms with Crippen LogP contribution in [0.5, 0.6) is 0 Å². The summed E-state index contributed by atoms with van der Waals surface area (Å²) >= 11 is 0. The van der Waals surface area contributed by atoms with Gasteiger partial charge in [-0.3, -0.25) is 14.8 Å². The van der Waals surface area contributed by atoms with Crippen LogP contribution in [0, 0.1) is 13.8 Å². The molecule has 3 rings (SSSR count). The first kappa shape index (κ1) is 14.8. The standard InChI is InChI=1S/C18H16N4O/c1-12-6-5-7-14(20-12)11-19-22-18(23)16-10-13(2)21-17-9-4-3-8-15(16)17/h3-11H,1-2H3,(H,22,23). The molecule has 23 heavy (non-hydrogen) atoms. The van der Waals surface area contributed by atoms with Gasteiger partial charge < -0.3 is 0 Å². The van der Waals surface area contributed by atoms with Crippen molar-refractivity contribution in [1.29, 1.82) is 0 Å². The minimum Gasteiger partial charge on any atom is -0.267 e. The second kappa shape index (κ2) is 6.36. The molecule has 0 atom stereocenters. The van der Waals surface area contributed by atoms with Gasteiger partial charge in [0.1, 0.15) is 0 Å². The number of pyridine rings is 2. The van der Waals surface area contributed by atoms with Gasteiger partial charge in [-0.15, -0.1) is 0 Å². The van der Waals surface area contributed by atoms with E-state index in [2.05, 4.69) is 20.5 Å². The van der Waals surface area contributed by atoms with Gasteiger partial charge in [-0.25, -0.2) is 5.43 Å². The Kier molecular flexibility index (Phi) is 4.10. The molecule has 0 unspecified atom stereocenters. The van der Waals surface area contributed by atoms with Crippen LogP contribution in [0.3, 0.4) is 0 Å². The van der Waals surface area contributed by atoms with Gasteiger partial charge in [-0.2, -0.15) is 5.10 Å². The summed E-state index contributed by atoms with van der Waals surface area (Å²) in [5.74, 6) is -0.268. The average molecular weight is 304 g/mol. The highest BCUT2D eigenvalue weighted by Crippen LogP contribution is 2.18. The highest BCUT2D eigenvalue weighted by atomic mass is 16.2. The number of hydrogen-bond donors (Lipinski definition) is 1. The number of para-hydroxylation sites is 1. The minimum atomic E-state index is -0.268. The monoisotopic (exact) mass is 304 g/mol. The maximum atomic E-state index is 12.4. The fourth-order valence-electron chi connectivity index (χ4n) is 2.35. The van der Waals surface area contributed by atoms with Crippen LogP contribution in [0.4, 0.5) is 0 Å². The lowest BCUT2D eigenvalue weighted by molar-refractivity contribution is 0.0956. The summed E-state index contributed by atoms with van der Waals surface area (Å²) in [4.78, 5) is 21.1. The van der Waals surface area contributed by atoms with Gasteiger partial charge >= 0.3 is 0 Å². The number of nitrogens with one attached hydrogen (secondary N) is 1. The molecule has 0 bridgehead atoms. The first-order valence-corrected chi connectivity index (χ1v) is 7.27. The van der Waals surface area contributed by atoms with Crippen LogP contribution in [0.2, 0.25) is 0 Å². The van der Waals surface area contributed by atoms with Crippen LogP contribution in [0.15, 0.2) is 53.6 Å². The molecular weight excluding hydrogens is 288 g/mol. The van der Waals surface area contributed by atoms with Gasteiger partial charge in [0.2, 0.25) is 0 Å². The van der Waals surface area contributed by atoms with E-state index in [1.165, 1.54) is 6.21 Å². The fourth-order valence-corrected chi connectivity index (χ4v) is 2.35. The molecule has 5 heteroatoms. The highest BCUT2D eigenvalue weighted by molar-refractivity contribution is 6.06. The smallest absolute Gasteiger partial charge is 0.267 e. The van der Waals surface area contributed by atoms with Gasteiger partial charge in [-0.05, 0) is 38.1 Å². The fraction of sp³-hybridized carbons (Fsp3) is 0.111. The zero-order valence-electron chi connectivity index (χ0n) is 12.9. The van der Waals surface area contributed by atoms with E-state index in [0.717, 1.165) is 22.3 Å². The molecule has 3 aromatic rings. The summed E-state index contributed by atoms with van der Waals surface area (Å²) in [6, 6.07) is 14.9. The largest absolute Gasteiger partial charge is 0.272 e. The van der Waals surface area contributed by atoms with Crippen molar-refractivity contribution in [3.63, 3.8) is 0 Å². The van der Waals surface area contributed by atoms with Crippen LogP contribution in [0.25, 0.3) is 10.9 Å². The molecular formula is C18H16N4O. The van der Waals surface area contributed by atoms with Gasteiger partial charge in [0.05, 0.1) is 23.0 Å². The van der Waals surface area contributed by atoms with E-state index in [1.54, 1.807) is 6.07 Å². The van der Waals surface area contributed by atoms with Gasteiger partial charge in [0.25, 0.3) is 5.91 Å². The molecule has 0 aliphatic heterocycles. The predicted molar refractivity (Wildman–Crippen MR) is 90.5 cm³/mol. The molecule has 1 amide bonds. The molecule has 0 aliphatic rings. The maximum Gasteiger partial charge on any atom is 0.272 e. The summed E-state index contributed by atoms with van der Waals surface area (Å²) in [6.07, 6.45) is 1.53. The number of hydrazone groups is 1. The lowest BCUT2D eigenvalue weighted by Gasteiger charge is -2.06. The molecule has 2 aromatic heterocycles. The molecule has 1 aromatic carbocycles. The Balaban J connectivity index is 1.84. The first-order chi connectivity index (χ1) is 11.1. The first-order valence-electron chi connectivity index (χ1n) is 7.27. The van der Waals surface area contributed by atoms with Crippen molar-refractivity contribution in [3.05, 3.63) is 71.2 Å². The molecule has 0 saturated heterocycles. The average Bonchev–Trinajstić information content (AvgIpc) is 2.54. The summed E-state index contributed by atoms with van der Waals surface area (Å²) in [5, 5.41) is 4.79. The van der Waals surface area contributed by atoms with Crippen molar-refractivity contribution in [3.8, 4) is 0 Å². The molecule has 114 valence electrons. The minimum absolute atomic E-state index is 0.268. The van der Waals surface area contributed by atoms with Crippen LogP contribution in [0.1, 0.15) is 27.4 Å². The normalized spacial score (nSPS) is 11.0. The third-order valence-electron chi connectivity index (χ3n) is 3.36. The zero-order valence-corrected chi connectivity index (χ0v) is 12.9. The number of fused-ring (bicyclic) bond motifs is 1. The molecule has 1 N–H and O–H groups in total.